The maximum atomic E-state index is 11.5. The molecule has 0 aliphatic heterocycles. The lowest BCUT2D eigenvalue weighted by Crippen LogP contribution is -1.99. The summed E-state index contributed by atoms with van der Waals surface area (Å²) in [6, 6.07) is 12.7. The zero-order chi connectivity index (χ0) is 18.2. The van der Waals surface area contributed by atoms with Crippen molar-refractivity contribution in [1.82, 2.24) is 9.78 Å². The molecule has 1 aromatic heterocycles. The van der Waals surface area contributed by atoms with Crippen molar-refractivity contribution in [2.24, 2.45) is 0 Å². The van der Waals surface area contributed by atoms with E-state index in [0.717, 1.165) is 6.26 Å². The number of hydrogen-bond donors (Lipinski definition) is 1. The van der Waals surface area contributed by atoms with Crippen LogP contribution in [-0.4, -0.2) is 35.5 Å². The SMILES string of the molecule is CS(=O)(=O)c1ccc(-n2cc(C(=O)O)c(-c3ccc(Cl)cc3)n2)cc1. The van der Waals surface area contributed by atoms with Gasteiger partial charge in [-0.3, -0.25) is 0 Å². The topological polar surface area (TPSA) is 89.3 Å². The fourth-order valence-corrected chi connectivity index (χ4v) is 3.09. The molecule has 0 aliphatic rings. The Kier molecular flexibility index (Phi) is 4.36. The summed E-state index contributed by atoms with van der Waals surface area (Å²) in [6.07, 6.45) is 2.51. The highest BCUT2D eigenvalue weighted by molar-refractivity contribution is 7.90. The quantitative estimate of drug-likeness (QED) is 0.754. The average Bonchev–Trinajstić information content (AvgIpc) is 3.00. The molecular weight excluding hydrogens is 364 g/mol. The molecule has 3 aromatic rings. The van der Waals surface area contributed by atoms with Gasteiger partial charge in [0.05, 0.1) is 10.6 Å². The first-order chi connectivity index (χ1) is 11.8. The van der Waals surface area contributed by atoms with Crippen LogP contribution in [0.2, 0.25) is 5.02 Å². The molecule has 0 saturated heterocycles. The number of aromatic carboxylic acids is 1. The number of carboxylic acid groups (broad SMARTS) is 1. The molecule has 2 aromatic carbocycles. The van der Waals surface area contributed by atoms with Crippen molar-refractivity contribution >= 4 is 27.4 Å². The number of hydrogen-bond acceptors (Lipinski definition) is 4. The van der Waals surface area contributed by atoms with E-state index in [9.17, 15) is 18.3 Å². The minimum atomic E-state index is -3.30. The fourth-order valence-electron chi connectivity index (χ4n) is 2.33. The Labute approximate surface area is 149 Å². The Hall–Kier alpha value is -2.64. The van der Waals surface area contributed by atoms with Crippen LogP contribution in [-0.2, 0) is 9.84 Å². The number of nitrogens with zero attached hydrogens (tertiary/aromatic N) is 2. The van der Waals surface area contributed by atoms with Crippen LogP contribution in [0.1, 0.15) is 10.4 Å². The van der Waals surface area contributed by atoms with Crippen molar-refractivity contribution in [3.05, 3.63) is 65.3 Å². The largest absolute Gasteiger partial charge is 0.478 e. The zero-order valence-corrected chi connectivity index (χ0v) is 14.6. The van der Waals surface area contributed by atoms with E-state index in [1.54, 1.807) is 36.4 Å². The maximum absolute atomic E-state index is 11.5. The van der Waals surface area contributed by atoms with Crippen LogP contribution in [0.4, 0.5) is 0 Å². The molecule has 128 valence electrons. The minimum absolute atomic E-state index is 0.0366. The van der Waals surface area contributed by atoms with E-state index in [2.05, 4.69) is 5.10 Å². The lowest BCUT2D eigenvalue weighted by Gasteiger charge is -2.03. The summed E-state index contributed by atoms with van der Waals surface area (Å²) in [7, 11) is -3.30. The van der Waals surface area contributed by atoms with Gasteiger partial charge in [-0.1, -0.05) is 23.7 Å². The van der Waals surface area contributed by atoms with Crippen LogP contribution in [0, 0.1) is 0 Å². The predicted octanol–water partition coefficient (Wildman–Crippen LogP) is 3.29. The van der Waals surface area contributed by atoms with Crippen molar-refractivity contribution < 1.29 is 18.3 Å². The van der Waals surface area contributed by atoms with E-state index in [-0.39, 0.29) is 10.5 Å². The third kappa shape index (κ3) is 3.57. The van der Waals surface area contributed by atoms with Gasteiger partial charge in [-0.25, -0.2) is 17.9 Å². The van der Waals surface area contributed by atoms with E-state index in [0.29, 0.717) is 22.0 Å². The van der Waals surface area contributed by atoms with E-state index in [4.69, 9.17) is 11.6 Å². The normalized spacial score (nSPS) is 11.4. The van der Waals surface area contributed by atoms with Crippen molar-refractivity contribution in [2.75, 3.05) is 6.26 Å². The van der Waals surface area contributed by atoms with E-state index in [1.165, 1.54) is 23.0 Å². The molecule has 0 fully saturated rings. The summed E-state index contributed by atoms with van der Waals surface area (Å²) in [6.45, 7) is 0. The molecule has 0 unspecified atom stereocenters. The Morgan fingerprint density at radius 1 is 1.08 bits per heavy atom. The van der Waals surface area contributed by atoms with Gasteiger partial charge in [0.25, 0.3) is 0 Å². The van der Waals surface area contributed by atoms with Crippen LogP contribution < -0.4 is 0 Å². The number of halogens is 1. The van der Waals surface area contributed by atoms with Crippen molar-refractivity contribution in [3.8, 4) is 16.9 Å². The summed E-state index contributed by atoms with van der Waals surface area (Å²) in [5.74, 6) is -1.11. The van der Waals surface area contributed by atoms with Crippen LogP contribution in [0.3, 0.4) is 0 Å². The van der Waals surface area contributed by atoms with Gasteiger partial charge in [0.1, 0.15) is 11.3 Å². The molecule has 8 heteroatoms. The van der Waals surface area contributed by atoms with E-state index >= 15 is 0 Å². The first-order valence-electron chi connectivity index (χ1n) is 7.15. The molecule has 0 atom stereocenters. The standard InChI is InChI=1S/C17H13ClN2O4S/c1-25(23,24)14-8-6-13(7-9-14)20-10-15(17(21)22)16(19-20)11-2-4-12(18)5-3-11/h2-10H,1H3,(H,21,22). The molecule has 0 spiro atoms. The van der Waals surface area contributed by atoms with E-state index < -0.39 is 15.8 Å². The average molecular weight is 377 g/mol. The molecule has 25 heavy (non-hydrogen) atoms. The third-order valence-electron chi connectivity index (χ3n) is 3.59. The van der Waals surface area contributed by atoms with Gasteiger partial charge in [0, 0.05) is 23.0 Å². The van der Waals surface area contributed by atoms with Crippen LogP contribution in [0.25, 0.3) is 16.9 Å². The lowest BCUT2D eigenvalue weighted by atomic mass is 10.1. The molecule has 3 rings (SSSR count). The first-order valence-corrected chi connectivity index (χ1v) is 9.42. The van der Waals surface area contributed by atoms with Gasteiger partial charge in [-0.2, -0.15) is 5.10 Å². The van der Waals surface area contributed by atoms with Crippen LogP contribution in [0.15, 0.2) is 59.6 Å². The zero-order valence-electron chi connectivity index (χ0n) is 13.0. The van der Waals surface area contributed by atoms with Gasteiger partial charge in [-0.05, 0) is 36.4 Å². The third-order valence-corrected chi connectivity index (χ3v) is 4.97. The number of sulfone groups is 1. The highest BCUT2D eigenvalue weighted by atomic mass is 35.5. The second-order valence-corrected chi connectivity index (χ2v) is 7.87. The second-order valence-electron chi connectivity index (χ2n) is 5.41. The number of benzene rings is 2. The van der Waals surface area contributed by atoms with Gasteiger partial charge < -0.3 is 5.11 Å². The summed E-state index contributed by atoms with van der Waals surface area (Å²) < 4.78 is 24.5. The molecule has 1 heterocycles. The molecule has 0 aliphatic carbocycles. The molecular formula is C17H13ClN2O4S. The molecule has 0 saturated carbocycles. The highest BCUT2D eigenvalue weighted by Gasteiger charge is 2.18. The van der Waals surface area contributed by atoms with Crippen molar-refractivity contribution in [1.29, 1.82) is 0 Å². The smallest absolute Gasteiger partial charge is 0.339 e. The molecule has 0 bridgehead atoms. The Bertz CT molecular complexity index is 1040. The highest BCUT2D eigenvalue weighted by Crippen LogP contribution is 2.25. The second kappa shape index (κ2) is 6.34. The van der Waals surface area contributed by atoms with Crippen molar-refractivity contribution in [2.45, 2.75) is 4.90 Å². The van der Waals surface area contributed by atoms with Crippen LogP contribution in [0.5, 0.6) is 0 Å². The summed E-state index contributed by atoms with van der Waals surface area (Å²) >= 11 is 5.86. The number of carbonyl (C=O) groups is 1. The Morgan fingerprint density at radius 3 is 2.20 bits per heavy atom. The number of rotatable bonds is 4. The molecule has 0 amide bonds. The summed E-state index contributed by atoms with van der Waals surface area (Å²) in [4.78, 5) is 11.7. The minimum Gasteiger partial charge on any atom is -0.478 e. The maximum Gasteiger partial charge on any atom is 0.339 e. The first kappa shape index (κ1) is 17.2. The number of carboxylic acids is 1. The summed E-state index contributed by atoms with van der Waals surface area (Å²) in [5, 5.41) is 14.3. The molecule has 6 nitrogen and oxygen atoms in total. The monoisotopic (exact) mass is 376 g/mol. The van der Waals surface area contributed by atoms with Gasteiger partial charge in [0.15, 0.2) is 9.84 Å². The Morgan fingerprint density at radius 2 is 1.68 bits per heavy atom. The molecule has 0 radical (unpaired) electrons. The number of aromatic nitrogens is 2. The summed E-state index contributed by atoms with van der Waals surface area (Å²) in [5.41, 5.74) is 1.51. The van der Waals surface area contributed by atoms with Gasteiger partial charge in [0.2, 0.25) is 0 Å². The fraction of sp³-hybridized carbons (Fsp3) is 0.0588. The molecule has 1 N–H and O–H groups in total. The Balaban J connectivity index is 2.08. The van der Waals surface area contributed by atoms with Crippen molar-refractivity contribution in [3.63, 3.8) is 0 Å². The van der Waals surface area contributed by atoms with E-state index in [1.807, 2.05) is 0 Å². The predicted molar refractivity (Wildman–Crippen MR) is 94.1 cm³/mol. The van der Waals surface area contributed by atoms with Crippen LogP contribution >= 0.6 is 11.6 Å². The lowest BCUT2D eigenvalue weighted by molar-refractivity contribution is 0.0697. The van der Waals surface area contributed by atoms with Gasteiger partial charge >= 0.3 is 5.97 Å². The van der Waals surface area contributed by atoms with Gasteiger partial charge in [-0.15, -0.1) is 0 Å².